The van der Waals surface area contributed by atoms with Crippen molar-refractivity contribution in [3.63, 3.8) is 0 Å². The second-order valence-corrected chi connectivity index (χ2v) is 8.83. The average Bonchev–Trinajstić information content (AvgIpc) is 3.31. The van der Waals surface area contributed by atoms with Gasteiger partial charge in [0.15, 0.2) is 0 Å². The van der Waals surface area contributed by atoms with Gasteiger partial charge < -0.3 is 10.2 Å². The molecule has 0 unspecified atom stereocenters. The van der Waals surface area contributed by atoms with E-state index < -0.39 is 10.0 Å². The van der Waals surface area contributed by atoms with E-state index in [1.165, 1.54) is 42.7 Å². The highest BCUT2D eigenvalue weighted by Crippen LogP contribution is 2.28. The molecule has 0 spiro atoms. The Morgan fingerprint density at radius 1 is 1.21 bits per heavy atom. The summed E-state index contributed by atoms with van der Waals surface area (Å²) in [7, 11) is -3.78. The first-order chi connectivity index (χ1) is 13.9. The van der Waals surface area contributed by atoms with E-state index in [1.54, 1.807) is 6.07 Å². The molecule has 0 fully saturated rings. The number of carbonyl (C=O) groups is 1. The maximum atomic E-state index is 13.3. The summed E-state index contributed by atoms with van der Waals surface area (Å²) in [6.45, 7) is 0.762. The van der Waals surface area contributed by atoms with Gasteiger partial charge in [-0.15, -0.1) is 0 Å². The third-order valence-corrected chi connectivity index (χ3v) is 6.46. The van der Waals surface area contributed by atoms with Crippen LogP contribution in [0.1, 0.15) is 5.56 Å². The molecule has 0 aliphatic carbocycles. The molecule has 2 N–H and O–H groups in total. The molecule has 1 amide bonds. The molecule has 0 saturated heterocycles. The molecule has 2 heterocycles. The molecular formula is C18H16FN5O3S2. The van der Waals surface area contributed by atoms with Crippen molar-refractivity contribution in [2.24, 2.45) is 0 Å². The van der Waals surface area contributed by atoms with Crippen LogP contribution in [0.5, 0.6) is 0 Å². The van der Waals surface area contributed by atoms with Crippen molar-refractivity contribution in [2.75, 3.05) is 28.0 Å². The van der Waals surface area contributed by atoms with Crippen molar-refractivity contribution < 1.29 is 17.6 Å². The standard InChI is InChI=1S/C18H16FN5O3S2/c19-13-1-6-16-12(9-13)7-8-24(16)10-17(25)22-14-2-4-15(5-3-14)29(26,27)23-18-20-11-21-28-18/h1-6,9,11H,7-8,10H2,(H,22,25)(H,20,21,23). The van der Waals surface area contributed by atoms with E-state index in [-0.39, 0.29) is 28.3 Å². The van der Waals surface area contributed by atoms with Crippen LogP contribution in [0.25, 0.3) is 0 Å². The second kappa shape index (κ2) is 7.76. The van der Waals surface area contributed by atoms with Gasteiger partial charge in [-0.1, -0.05) is 0 Å². The van der Waals surface area contributed by atoms with Crippen LogP contribution < -0.4 is 14.9 Å². The normalized spacial score (nSPS) is 13.2. The van der Waals surface area contributed by atoms with E-state index in [9.17, 15) is 17.6 Å². The molecule has 4 rings (SSSR count). The Morgan fingerprint density at radius 2 is 2.00 bits per heavy atom. The minimum Gasteiger partial charge on any atom is -0.362 e. The van der Waals surface area contributed by atoms with E-state index in [2.05, 4.69) is 19.4 Å². The zero-order valence-electron chi connectivity index (χ0n) is 15.0. The Bertz CT molecular complexity index is 1130. The summed E-state index contributed by atoms with van der Waals surface area (Å²) in [5.41, 5.74) is 2.21. The first-order valence-electron chi connectivity index (χ1n) is 8.63. The van der Waals surface area contributed by atoms with Gasteiger partial charge >= 0.3 is 0 Å². The zero-order chi connectivity index (χ0) is 20.4. The van der Waals surface area contributed by atoms with E-state index in [4.69, 9.17) is 0 Å². The van der Waals surface area contributed by atoms with Gasteiger partial charge in [-0.25, -0.2) is 17.8 Å². The van der Waals surface area contributed by atoms with Crippen molar-refractivity contribution in [1.29, 1.82) is 0 Å². The molecule has 0 radical (unpaired) electrons. The number of halogens is 1. The number of nitrogens with one attached hydrogen (secondary N) is 2. The number of anilines is 3. The minimum absolute atomic E-state index is 0.0428. The first kappa shape index (κ1) is 19.3. The molecule has 2 aromatic carbocycles. The van der Waals surface area contributed by atoms with E-state index in [0.717, 1.165) is 22.8 Å². The number of sulfonamides is 1. The molecule has 29 heavy (non-hydrogen) atoms. The summed E-state index contributed by atoms with van der Waals surface area (Å²) in [5, 5.41) is 2.92. The minimum atomic E-state index is -3.78. The molecule has 11 heteroatoms. The predicted molar refractivity (Wildman–Crippen MR) is 108 cm³/mol. The zero-order valence-corrected chi connectivity index (χ0v) is 16.6. The number of benzene rings is 2. The quantitative estimate of drug-likeness (QED) is 0.619. The van der Waals surface area contributed by atoms with Crippen LogP contribution in [0.2, 0.25) is 0 Å². The predicted octanol–water partition coefficient (Wildman–Crippen LogP) is 2.48. The number of hydrogen-bond acceptors (Lipinski definition) is 7. The van der Waals surface area contributed by atoms with Gasteiger partial charge in [-0.3, -0.25) is 9.52 Å². The molecule has 3 aromatic rings. The number of rotatable bonds is 6. The molecular weight excluding hydrogens is 417 g/mol. The van der Waals surface area contributed by atoms with Gasteiger partial charge in [-0.2, -0.15) is 4.37 Å². The Hall–Kier alpha value is -3.05. The van der Waals surface area contributed by atoms with Crippen molar-refractivity contribution >= 4 is 44.0 Å². The number of carbonyl (C=O) groups excluding carboxylic acids is 1. The smallest absolute Gasteiger partial charge is 0.263 e. The molecule has 0 atom stereocenters. The molecule has 0 saturated carbocycles. The largest absolute Gasteiger partial charge is 0.362 e. The number of amides is 1. The monoisotopic (exact) mass is 433 g/mol. The third-order valence-electron chi connectivity index (χ3n) is 4.40. The average molecular weight is 433 g/mol. The molecule has 150 valence electrons. The van der Waals surface area contributed by atoms with Crippen LogP contribution in [-0.2, 0) is 21.2 Å². The lowest BCUT2D eigenvalue weighted by atomic mass is 10.2. The van der Waals surface area contributed by atoms with E-state index >= 15 is 0 Å². The lowest BCUT2D eigenvalue weighted by Gasteiger charge is -2.18. The van der Waals surface area contributed by atoms with Crippen molar-refractivity contribution in [3.8, 4) is 0 Å². The van der Waals surface area contributed by atoms with E-state index in [0.29, 0.717) is 18.7 Å². The summed E-state index contributed by atoms with van der Waals surface area (Å²) in [4.78, 5) is 18.1. The summed E-state index contributed by atoms with van der Waals surface area (Å²) < 4.78 is 44.0. The molecule has 1 aliphatic rings. The van der Waals surface area contributed by atoms with Gasteiger partial charge in [0.05, 0.1) is 11.4 Å². The Labute approximate surface area is 170 Å². The van der Waals surface area contributed by atoms with Crippen LogP contribution in [0.3, 0.4) is 0 Å². The SMILES string of the molecule is O=C(CN1CCc2cc(F)ccc21)Nc1ccc(S(=O)(=O)Nc2ncns2)cc1. The van der Waals surface area contributed by atoms with Crippen LogP contribution in [0.15, 0.2) is 53.7 Å². The molecule has 0 bridgehead atoms. The Kier molecular flexibility index (Phi) is 5.16. The maximum absolute atomic E-state index is 13.3. The number of aromatic nitrogens is 2. The van der Waals surface area contributed by atoms with E-state index in [1.807, 2.05) is 4.90 Å². The lowest BCUT2D eigenvalue weighted by Crippen LogP contribution is -2.31. The highest BCUT2D eigenvalue weighted by molar-refractivity contribution is 7.93. The maximum Gasteiger partial charge on any atom is 0.263 e. The second-order valence-electron chi connectivity index (χ2n) is 6.37. The van der Waals surface area contributed by atoms with Crippen LogP contribution >= 0.6 is 11.5 Å². The summed E-state index contributed by atoms with van der Waals surface area (Å²) in [6, 6.07) is 10.4. The van der Waals surface area contributed by atoms with Gasteiger partial charge in [0.25, 0.3) is 10.0 Å². The van der Waals surface area contributed by atoms with Crippen LogP contribution in [-0.4, -0.2) is 36.8 Å². The number of hydrogen-bond donors (Lipinski definition) is 2. The fourth-order valence-electron chi connectivity index (χ4n) is 3.09. The number of fused-ring (bicyclic) bond motifs is 1. The van der Waals surface area contributed by atoms with Gasteiger partial charge in [-0.05, 0) is 54.4 Å². The third kappa shape index (κ3) is 4.35. The summed E-state index contributed by atoms with van der Waals surface area (Å²) >= 11 is 0.933. The number of nitrogens with zero attached hydrogens (tertiary/aromatic N) is 3. The van der Waals surface area contributed by atoms with Gasteiger partial charge in [0, 0.05) is 29.5 Å². The van der Waals surface area contributed by atoms with Crippen LogP contribution in [0, 0.1) is 5.82 Å². The molecule has 8 nitrogen and oxygen atoms in total. The summed E-state index contributed by atoms with van der Waals surface area (Å²) in [5.74, 6) is -0.532. The Morgan fingerprint density at radius 3 is 2.72 bits per heavy atom. The summed E-state index contributed by atoms with van der Waals surface area (Å²) in [6.07, 6.45) is 1.95. The van der Waals surface area contributed by atoms with Crippen LogP contribution in [0.4, 0.5) is 20.9 Å². The van der Waals surface area contributed by atoms with Crippen molar-refractivity contribution in [3.05, 3.63) is 60.2 Å². The molecule has 1 aliphatic heterocycles. The lowest BCUT2D eigenvalue weighted by molar-refractivity contribution is -0.115. The fourth-order valence-corrected chi connectivity index (χ4v) is 4.75. The highest BCUT2D eigenvalue weighted by Gasteiger charge is 2.22. The Balaban J connectivity index is 1.39. The van der Waals surface area contributed by atoms with Crippen molar-refractivity contribution in [1.82, 2.24) is 9.36 Å². The van der Waals surface area contributed by atoms with Crippen molar-refractivity contribution in [2.45, 2.75) is 11.3 Å². The molecule has 1 aromatic heterocycles. The first-order valence-corrected chi connectivity index (χ1v) is 10.9. The topological polar surface area (TPSA) is 104 Å². The fraction of sp³-hybridized carbons (Fsp3) is 0.167. The van der Waals surface area contributed by atoms with Gasteiger partial charge in [0.1, 0.15) is 12.1 Å². The highest BCUT2D eigenvalue weighted by atomic mass is 32.2. The van der Waals surface area contributed by atoms with Gasteiger partial charge in [0.2, 0.25) is 11.0 Å².